The molecule has 0 unspecified atom stereocenters. The monoisotopic (exact) mass is 456 g/mol. The number of ether oxygens (including phenoxy) is 1. The van der Waals surface area contributed by atoms with Crippen LogP contribution in [0.4, 0.5) is 11.4 Å². The zero-order chi connectivity index (χ0) is 22.7. The molecule has 1 saturated heterocycles. The van der Waals surface area contributed by atoms with Crippen molar-refractivity contribution in [1.82, 2.24) is 4.90 Å². The van der Waals surface area contributed by atoms with Crippen LogP contribution in [0.2, 0.25) is 0 Å². The Labute approximate surface area is 188 Å². The van der Waals surface area contributed by atoms with Crippen molar-refractivity contribution in [1.29, 1.82) is 0 Å². The standard InChI is InChI=1S/C23H28N4O4S/c1-17(14-22-24-20-8-3-4-9-21(20)32(29,30)25-22)15-23(28)27-12-10-26(11-13-27)18-6-5-7-19(16-18)31-2/h3-9,16-17H,10-15H2,1-2H3,(H,24,25)/t17-/m1/s1. The molecule has 0 spiro atoms. The number of amidine groups is 1. The Bertz CT molecular complexity index is 1120. The normalized spacial score (nSPS) is 18.2. The van der Waals surface area contributed by atoms with E-state index in [2.05, 4.69) is 14.6 Å². The molecule has 1 N–H and O–H groups in total. The molecule has 0 radical (unpaired) electrons. The molecule has 0 aromatic heterocycles. The number of nitrogens with one attached hydrogen (secondary N) is 1. The topological polar surface area (TPSA) is 91.3 Å². The van der Waals surface area contributed by atoms with Crippen molar-refractivity contribution in [3.8, 4) is 5.75 Å². The molecule has 9 heteroatoms. The predicted molar refractivity (Wildman–Crippen MR) is 125 cm³/mol. The van der Waals surface area contributed by atoms with Gasteiger partial charge in [-0.25, -0.2) is 0 Å². The molecule has 2 aliphatic rings. The summed E-state index contributed by atoms with van der Waals surface area (Å²) in [5.74, 6) is 1.25. The zero-order valence-electron chi connectivity index (χ0n) is 18.3. The van der Waals surface area contributed by atoms with Crippen molar-refractivity contribution in [3.63, 3.8) is 0 Å². The molecule has 2 aromatic rings. The number of carbonyl (C=O) groups is 1. The van der Waals surface area contributed by atoms with Gasteiger partial charge in [-0.05, 0) is 30.2 Å². The minimum absolute atomic E-state index is 0.0365. The SMILES string of the molecule is COc1cccc(N2CCN(C(=O)C[C@H](C)CC3=NS(=O)(=O)c4ccccc4N3)CC2)c1. The van der Waals surface area contributed by atoms with E-state index in [0.29, 0.717) is 37.5 Å². The number of methoxy groups -OCH3 is 1. The highest BCUT2D eigenvalue weighted by atomic mass is 32.2. The van der Waals surface area contributed by atoms with E-state index in [4.69, 9.17) is 4.74 Å². The van der Waals surface area contributed by atoms with Gasteiger partial charge in [0.05, 0.1) is 12.8 Å². The van der Waals surface area contributed by atoms with Crippen LogP contribution >= 0.6 is 0 Å². The summed E-state index contributed by atoms with van der Waals surface area (Å²) in [6.07, 6.45) is 0.741. The predicted octanol–water partition coefficient (Wildman–Crippen LogP) is 2.97. The number of anilines is 2. The lowest BCUT2D eigenvalue weighted by molar-refractivity contribution is -0.132. The average molecular weight is 457 g/mol. The molecule has 8 nitrogen and oxygen atoms in total. The van der Waals surface area contributed by atoms with E-state index in [1.165, 1.54) is 6.07 Å². The molecule has 1 amide bonds. The molecule has 4 rings (SSSR count). The summed E-state index contributed by atoms with van der Waals surface area (Å²) < 4.78 is 34.0. The number of hydrogen-bond donors (Lipinski definition) is 1. The third-order valence-electron chi connectivity index (χ3n) is 5.79. The summed E-state index contributed by atoms with van der Waals surface area (Å²) in [6, 6.07) is 14.6. The van der Waals surface area contributed by atoms with Gasteiger partial charge in [-0.2, -0.15) is 8.42 Å². The minimum atomic E-state index is -3.71. The Kier molecular flexibility index (Phi) is 6.36. The molecular formula is C23H28N4O4S. The molecule has 2 heterocycles. The third kappa shape index (κ3) is 4.88. The van der Waals surface area contributed by atoms with Crippen LogP contribution in [0.1, 0.15) is 19.8 Å². The summed E-state index contributed by atoms with van der Waals surface area (Å²) in [6.45, 7) is 4.78. The number of hydrogen-bond acceptors (Lipinski definition) is 6. The van der Waals surface area contributed by atoms with Crippen LogP contribution in [0, 0.1) is 5.92 Å². The van der Waals surface area contributed by atoms with Gasteiger partial charge in [0.1, 0.15) is 16.5 Å². The van der Waals surface area contributed by atoms with E-state index in [1.54, 1.807) is 25.3 Å². The van der Waals surface area contributed by atoms with E-state index in [9.17, 15) is 13.2 Å². The van der Waals surface area contributed by atoms with Crippen LogP contribution in [-0.4, -0.2) is 58.3 Å². The van der Waals surface area contributed by atoms with Gasteiger partial charge in [0.15, 0.2) is 0 Å². The number of nitrogens with zero attached hydrogens (tertiary/aromatic N) is 3. The van der Waals surface area contributed by atoms with Crippen molar-refractivity contribution in [3.05, 3.63) is 48.5 Å². The highest BCUT2D eigenvalue weighted by Gasteiger charge is 2.27. The number of sulfonamides is 1. The molecule has 2 aliphatic heterocycles. The van der Waals surface area contributed by atoms with E-state index in [0.717, 1.165) is 24.5 Å². The van der Waals surface area contributed by atoms with Crippen molar-refractivity contribution in [2.45, 2.75) is 24.7 Å². The summed E-state index contributed by atoms with van der Waals surface area (Å²) >= 11 is 0. The second-order valence-electron chi connectivity index (χ2n) is 8.22. The first kappa shape index (κ1) is 22.1. The highest BCUT2D eigenvalue weighted by molar-refractivity contribution is 7.90. The number of piperazine rings is 1. The van der Waals surface area contributed by atoms with Crippen LogP contribution in [0.3, 0.4) is 0 Å². The lowest BCUT2D eigenvalue weighted by Gasteiger charge is -2.36. The molecule has 32 heavy (non-hydrogen) atoms. The van der Waals surface area contributed by atoms with Crippen LogP contribution in [0.15, 0.2) is 57.8 Å². The number of fused-ring (bicyclic) bond motifs is 1. The maximum atomic E-state index is 12.8. The van der Waals surface area contributed by atoms with Gasteiger partial charge in [-0.3, -0.25) is 4.79 Å². The van der Waals surface area contributed by atoms with E-state index in [1.807, 2.05) is 36.1 Å². The molecule has 1 atom stereocenters. The minimum Gasteiger partial charge on any atom is -0.497 e. The van der Waals surface area contributed by atoms with Gasteiger partial charge in [0.2, 0.25) is 5.91 Å². The Hall–Kier alpha value is -3.07. The van der Waals surface area contributed by atoms with Crippen LogP contribution < -0.4 is 15.0 Å². The Balaban J connectivity index is 1.31. The molecule has 170 valence electrons. The van der Waals surface area contributed by atoms with Gasteiger partial charge in [-0.15, -0.1) is 4.40 Å². The molecule has 1 fully saturated rings. The number of benzene rings is 2. The fourth-order valence-electron chi connectivity index (χ4n) is 4.11. The lowest BCUT2D eigenvalue weighted by Crippen LogP contribution is -2.49. The van der Waals surface area contributed by atoms with Crippen molar-refractivity contribution < 1.29 is 17.9 Å². The number of rotatable bonds is 6. The first-order valence-electron chi connectivity index (χ1n) is 10.7. The first-order valence-corrected chi connectivity index (χ1v) is 12.2. The van der Waals surface area contributed by atoms with Gasteiger partial charge in [0, 0.05) is 50.8 Å². The van der Waals surface area contributed by atoms with Gasteiger partial charge < -0.3 is 19.9 Å². The highest BCUT2D eigenvalue weighted by Crippen LogP contribution is 2.28. The quantitative estimate of drug-likeness (QED) is 0.719. The second kappa shape index (κ2) is 9.20. The van der Waals surface area contributed by atoms with Crippen molar-refractivity contribution in [2.24, 2.45) is 10.3 Å². The lowest BCUT2D eigenvalue weighted by atomic mass is 10.0. The number of carbonyl (C=O) groups excluding carboxylic acids is 1. The second-order valence-corrected chi connectivity index (χ2v) is 9.79. The fraction of sp³-hybridized carbons (Fsp3) is 0.391. The van der Waals surface area contributed by atoms with Crippen LogP contribution in [0.25, 0.3) is 0 Å². The van der Waals surface area contributed by atoms with Crippen molar-refractivity contribution >= 4 is 33.1 Å². The zero-order valence-corrected chi connectivity index (χ0v) is 19.1. The van der Waals surface area contributed by atoms with E-state index >= 15 is 0 Å². The Morgan fingerprint density at radius 1 is 1.12 bits per heavy atom. The van der Waals surface area contributed by atoms with Crippen LogP contribution in [-0.2, 0) is 14.8 Å². The van der Waals surface area contributed by atoms with E-state index < -0.39 is 10.0 Å². The Morgan fingerprint density at radius 2 is 1.88 bits per heavy atom. The number of amides is 1. The average Bonchev–Trinajstić information content (AvgIpc) is 2.78. The maximum absolute atomic E-state index is 12.8. The molecule has 2 aromatic carbocycles. The summed E-state index contributed by atoms with van der Waals surface area (Å²) in [7, 11) is -2.06. The molecular weight excluding hydrogens is 428 g/mol. The van der Waals surface area contributed by atoms with Gasteiger partial charge in [0.25, 0.3) is 10.0 Å². The maximum Gasteiger partial charge on any atom is 0.286 e. The van der Waals surface area contributed by atoms with Gasteiger partial charge in [-0.1, -0.05) is 25.1 Å². The van der Waals surface area contributed by atoms with E-state index in [-0.39, 0.29) is 16.7 Å². The summed E-state index contributed by atoms with van der Waals surface area (Å²) in [5, 5.41) is 3.10. The smallest absolute Gasteiger partial charge is 0.286 e. The third-order valence-corrected chi connectivity index (χ3v) is 7.16. The van der Waals surface area contributed by atoms with Crippen molar-refractivity contribution in [2.75, 3.05) is 43.5 Å². The molecule has 0 aliphatic carbocycles. The first-order chi connectivity index (χ1) is 15.4. The van der Waals surface area contributed by atoms with Crippen LogP contribution in [0.5, 0.6) is 5.75 Å². The number of para-hydroxylation sites is 1. The molecule has 0 bridgehead atoms. The largest absolute Gasteiger partial charge is 0.497 e. The Morgan fingerprint density at radius 3 is 2.62 bits per heavy atom. The fourth-order valence-corrected chi connectivity index (χ4v) is 5.26. The molecule has 0 saturated carbocycles. The summed E-state index contributed by atoms with van der Waals surface area (Å²) in [4.78, 5) is 17.1. The summed E-state index contributed by atoms with van der Waals surface area (Å²) in [5.41, 5.74) is 1.62. The van der Waals surface area contributed by atoms with Gasteiger partial charge >= 0.3 is 0 Å².